The zero-order valence-corrected chi connectivity index (χ0v) is 12.3. The first kappa shape index (κ1) is 17.8. The zero-order valence-electron chi connectivity index (χ0n) is 12.3. The quantitative estimate of drug-likeness (QED) is 0.537. The average molecular weight is 274 g/mol. The second kappa shape index (κ2) is 9.73. The summed E-state index contributed by atoms with van der Waals surface area (Å²) in [5.74, 6) is -0.958. The van der Waals surface area contributed by atoms with E-state index in [-0.39, 0.29) is 11.4 Å². The van der Waals surface area contributed by atoms with Crippen molar-refractivity contribution in [2.24, 2.45) is 0 Å². The molecule has 0 fully saturated rings. The van der Waals surface area contributed by atoms with Gasteiger partial charge in [0, 0.05) is 5.57 Å². The van der Waals surface area contributed by atoms with Crippen molar-refractivity contribution in [2.75, 3.05) is 0 Å². The van der Waals surface area contributed by atoms with E-state index in [1.165, 1.54) is 13.0 Å². The SMILES string of the molecule is C=C/C(=C\C=C(/CC)C/C=C\C(=C/C)C(C)=O)C(=O)O. The number of hydrogen-bond acceptors (Lipinski definition) is 2. The van der Waals surface area contributed by atoms with Crippen molar-refractivity contribution < 1.29 is 14.7 Å². The van der Waals surface area contributed by atoms with E-state index in [0.29, 0.717) is 12.0 Å². The van der Waals surface area contributed by atoms with E-state index in [4.69, 9.17) is 5.11 Å². The fraction of sp³-hybridized carbons (Fsp3) is 0.294. The van der Waals surface area contributed by atoms with Crippen molar-refractivity contribution in [3.63, 3.8) is 0 Å². The zero-order chi connectivity index (χ0) is 15.5. The largest absolute Gasteiger partial charge is 0.478 e. The molecular formula is C17H22O3. The number of rotatable bonds is 8. The highest BCUT2D eigenvalue weighted by Gasteiger charge is 2.00. The predicted octanol–water partition coefficient (Wildman–Crippen LogP) is 4.00. The number of carbonyl (C=O) groups excluding carboxylic acids is 1. The maximum atomic E-state index is 11.2. The lowest BCUT2D eigenvalue weighted by molar-refractivity contribution is -0.132. The number of carboxylic acid groups (broad SMARTS) is 1. The summed E-state index contributed by atoms with van der Waals surface area (Å²) in [7, 11) is 0. The lowest BCUT2D eigenvalue weighted by Gasteiger charge is -2.00. The summed E-state index contributed by atoms with van der Waals surface area (Å²) in [6.45, 7) is 8.82. The molecule has 0 rings (SSSR count). The van der Waals surface area contributed by atoms with Crippen LogP contribution in [-0.4, -0.2) is 16.9 Å². The molecule has 0 aromatic rings. The van der Waals surface area contributed by atoms with E-state index >= 15 is 0 Å². The molecule has 108 valence electrons. The molecule has 3 heteroatoms. The van der Waals surface area contributed by atoms with Crippen LogP contribution in [0.4, 0.5) is 0 Å². The van der Waals surface area contributed by atoms with Gasteiger partial charge in [-0.2, -0.15) is 0 Å². The molecule has 0 aliphatic heterocycles. The molecule has 0 aromatic heterocycles. The topological polar surface area (TPSA) is 54.4 Å². The normalized spacial score (nSPS) is 13.7. The Hall–Kier alpha value is -2.16. The van der Waals surface area contributed by atoms with Crippen molar-refractivity contribution in [3.05, 3.63) is 59.8 Å². The summed E-state index contributed by atoms with van der Waals surface area (Å²) in [4.78, 5) is 22.0. The minimum Gasteiger partial charge on any atom is -0.478 e. The summed E-state index contributed by atoms with van der Waals surface area (Å²) in [5, 5.41) is 8.87. The Morgan fingerprint density at radius 2 is 1.85 bits per heavy atom. The van der Waals surface area contributed by atoms with Crippen LogP contribution in [0.3, 0.4) is 0 Å². The highest BCUT2D eigenvalue weighted by atomic mass is 16.4. The van der Waals surface area contributed by atoms with Gasteiger partial charge in [0.1, 0.15) is 0 Å². The van der Waals surface area contributed by atoms with E-state index in [1.54, 1.807) is 24.3 Å². The van der Waals surface area contributed by atoms with Crippen LogP contribution < -0.4 is 0 Å². The predicted molar refractivity (Wildman–Crippen MR) is 82.5 cm³/mol. The van der Waals surface area contributed by atoms with Crippen molar-refractivity contribution in [2.45, 2.75) is 33.6 Å². The fourth-order valence-corrected chi connectivity index (χ4v) is 1.52. The molecule has 0 bridgehead atoms. The van der Waals surface area contributed by atoms with Gasteiger partial charge in [-0.1, -0.05) is 49.5 Å². The first-order chi connectivity index (χ1) is 9.46. The Morgan fingerprint density at radius 3 is 2.25 bits per heavy atom. The Kier molecular flexibility index (Phi) is 8.68. The first-order valence-corrected chi connectivity index (χ1v) is 6.55. The van der Waals surface area contributed by atoms with Gasteiger partial charge in [0.25, 0.3) is 0 Å². The summed E-state index contributed by atoms with van der Waals surface area (Å²) in [6, 6.07) is 0. The molecule has 0 saturated heterocycles. The Labute approximate surface area is 120 Å². The van der Waals surface area contributed by atoms with Crippen LogP contribution in [0.15, 0.2) is 59.8 Å². The van der Waals surface area contributed by atoms with Gasteiger partial charge >= 0.3 is 5.97 Å². The third-order valence-electron chi connectivity index (χ3n) is 2.81. The molecule has 0 spiro atoms. The van der Waals surface area contributed by atoms with Gasteiger partial charge < -0.3 is 5.11 Å². The van der Waals surface area contributed by atoms with Crippen molar-refractivity contribution in [1.29, 1.82) is 0 Å². The first-order valence-electron chi connectivity index (χ1n) is 6.55. The molecule has 0 radical (unpaired) electrons. The molecule has 0 heterocycles. The van der Waals surface area contributed by atoms with Gasteiger partial charge in [-0.25, -0.2) is 4.79 Å². The number of carboxylic acids is 1. The van der Waals surface area contributed by atoms with Gasteiger partial charge in [-0.05, 0) is 32.8 Å². The number of Topliss-reactive ketones (excluding diaryl/α,β-unsaturated/α-hetero) is 1. The van der Waals surface area contributed by atoms with E-state index in [0.717, 1.165) is 12.0 Å². The average Bonchev–Trinajstić information content (AvgIpc) is 2.40. The number of carbonyl (C=O) groups is 2. The standard InChI is InChI=1S/C17H22O3/c1-5-14(11-12-16(7-3)17(19)20)9-8-10-15(6-2)13(4)18/h6-8,10-12H,3,5,9H2,1-2,4H3,(H,19,20)/b10-8-,14-11+,15-6+,16-12+. The highest BCUT2D eigenvalue weighted by Crippen LogP contribution is 2.10. The van der Waals surface area contributed by atoms with Crippen LogP contribution >= 0.6 is 0 Å². The summed E-state index contributed by atoms with van der Waals surface area (Å²) >= 11 is 0. The minimum atomic E-state index is -0.991. The van der Waals surface area contributed by atoms with E-state index in [1.807, 2.05) is 19.9 Å². The number of hydrogen-bond donors (Lipinski definition) is 1. The van der Waals surface area contributed by atoms with Crippen LogP contribution in [0.1, 0.15) is 33.6 Å². The van der Waals surface area contributed by atoms with Crippen molar-refractivity contribution in [3.8, 4) is 0 Å². The third-order valence-corrected chi connectivity index (χ3v) is 2.81. The highest BCUT2D eigenvalue weighted by molar-refractivity contribution is 5.95. The Balaban J connectivity index is 4.88. The lowest BCUT2D eigenvalue weighted by atomic mass is 10.1. The summed E-state index contributed by atoms with van der Waals surface area (Å²) in [5.41, 5.74) is 1.92. The molecule has 0 aliphatic carbocycles. The monoisotopic (exact) mass is 274 g/mol. The summed E-state index contributed by atoms with van der Waals surface area (Å²) in [6.07, 6.45) is 11.6. The van der Waals surface area contributed by atoms with Crippen LogP contribution in [0.5, 0.6) is 0 Å². The molecule has 3 nitrogen and oxygen atoms in total. The van der Waals surface area contributed by atoms with Crippen molar-refractivity contribution in [1.82, 2.24) is 0 Å². The second-order valence-corrected chi connectivity index (χ2v) is 4.22. The van der Waals surface area contributed by atoms with E-state index < -0.39 is 5.97 Å². The smallest absolute Gasteiger partial charge is 0.335 e. The second-order valence-electron chi connectivity index (χ2n) is 4.22. The van der Waals surface area contributed by atoms with Gasteiger partial charge in [0.2, 0.25) is 0 Å². The van der Waals surface area contributed by atoms with Gasteiger partial charge in [-0.15, -0.1) is 0 Å². The number of aliphatic carboxylic acids is 1. The third kappa shape index (κ3) is 6.69. The Morgan fingerprint density at radius 1 is 1.20 bits per heavy atom. The molecule has 0 unspecified atom stereocenters. The molecule has 0 atom stereocenters. The molecule has 0 aliphatic rings. The van der Waals surface area contributed by atoms with Crippen LogP contribution in [0.2, 0.25) is 0 Å². The lowest BCUT2D eigenvalue weighted by Crippen LogP contribution is -1.96. The molecule has 0 saturated carbocycles. The Bertz CT molecular complexity index is 488. The van der Waals surface area contributed by atoms with E-state index in [2.05, 4.69) is 6.58 Å². The fourth-order valence-electron chi connectivity index (χ4n) is 1.52. The molecule has 1 N–H and O–H groups in total. The molecule has 0 aromatic carbocycles. The maximum Gasteiger partial charge on any atom is 0.335 e. The van der Waals surface area contributed by atoms with Gasteiger partial charge in [0.05, 0.1) is 5.57 Å². The van der Waals surface area contributed by atoms with Crippen LogP contribution in [-0.2, 0) is 9.59 Å². The number of allylic oxidation sites excluding steroid dienone is 7. The summed E-state index contributed by atoms with van der Waals surface area (Å²) < 4.78 is 0. The van der Waals surface area contributed by atoms with Crippen LogP contribution in [0, 0.1) is 0 Å². The minimum absolute atomic E-state index is 0.0329. The maximum absolute atomic E-state index is 11.2. The van der Waals surface area contributed by atoms with E-state index in [9.17, 15) is 9.59 Å². The molecule has 0 amide bonds. The molecular weight excluding hydrogens is 252 g/mol. The van der Waals surface area contributed by atoms with Crippen LogP contribution in [0.25, 0.3) is 0 Å². The van der Waals surface area contributed by atoms with Gasteiger partial charge in [0.15, 0.2) is 5.78 Å². The van der Waals surface area contributed by atoms with Crippen molar-refractivity contribution >= 4 is 11.8 Å². The van der Waals surface area contributed by atoms with Gasteiger partial charge in [-0.3, -0.25) is 4.79 Å². The number of ketones is 1. The molecule has 20 heavy (non-hydrogen) atoms.